The van der Waals surface area contributed by atoms with Crippen molar-refractivity contribution in [2.24, 2.45) is 0 Å². The smallest absolute Gasteiger partial charge is 0.224 e. The van der Waals surface area contributed by atoms with Gasteiger partial charge in [0.25, 0.3) is 0 Å². The zero-order valence-electron chi connectivity index (χ0n) is 5.92. The second kappa shape index (κ2) is 2.66. The Labute approximate surface area is 69.8 Å². The van der Waals surface area contributed by atoms with Gasteiger partial charge in [0, 0.05) is 12.2 Å². The van der Waals surface area contributed by atoms with Crippen molar-refractivity contribution < 1.29 is 0 Å². The molecule has 1 heterocycles. The lowest BCUT2D eigenvalue weighted by Gasteiger charge is -2.00. The van der Waals surface area contributed by atoms with Crippen molar-refractivity contribution in [1.82, 2.24) is 9.97 Å². The monoisotopic (exact) mass is 169 g/mol. The van der Waals surface area contributed by atoms with Crippen LogP contribution in [-0.4, -0.2) is 16.0 Å². The summed E-state index contributed by atoms with van der Waals surface area (Å²) in [6.07, 6.45) is 4.13. The molecule has 3 nitrogen and oxygen atoms in total. The second-order valence-electron chi connectivity index (χ2n) is 2.63. The maximum atomic E-state index is 5.59. The lowest BCUT2D eigenvalue weighted by atomic mass is 10.5. The molecular formula is C7H8ClN3. The molecule has 0 amide bonds. The van der Waals surface area contributed by atoms with Crippen molar-refractivity contribution in [2.75, 3.05) is 5.32 Å². The third-order valence-corrected chi connectivity index (χ3v) is 1.74. The Balaban J connectivity index is 2.10. The van der Waals surface area contributed by atoms with Crippen LogP contribution in [0.5, 0.6) is 0 Å². The molecule has 1 aromatic heterocycles. The fraction of sp³-hybridized carbons (Fsp3) is 0.429. The third-order valence-electron chi connectivity index (χ3n) is 1.56. The lowest BCUT2D eigenvalue weighted by molar-refractivity contribution is 1.08. The molecule has 0 spiro atoms. The molecular weight excluding hydrogens is 162 g/mol. The highest BCUT2D eigenvalue weighted by atomic mass is 35.5. The van der Waals surface area contributed by atoms with Gasteiger partial charge in [-0.25, -0.2) is 9.97 Å². The summed E-state index contributed by atoms with van der Waals surface area (Å²) >= 11 is 5.59. The summed E-state index contributed by atoms with van der Waals surface area (Å²) in [5.41, 5.74) is 0. The summed E-state index contributed by atoms with van der Waals surface area (Å²) in [5, 5.41) is 3.52. The Kier molecular flexibility index (Phi) is 1.66. The van der Waals surface area contributed by atoms with Gasteiger partial charge in [-0.2, -0.15) is 0 Å². The largest absolute Gasteiger partial charge is 0.367 e. The standard InChI is InChI=1S/C7H8ClN3/c8-7-9-4-3-6(11-7)10-5-1-2-5/h3-5H,1-2H2,(H,9,10,11). The van der Waals surface area contributed by atoms with Crippen LogP contribution in [0.15, 0.2) is 12.3 Å². The number of aromatic nitrogens is 2. The first-order valence-electron chi connectivity index (χ1n) is 3.60. The number of rotatable bonds is 2. The van der Waals surface area contributed by atoms with Gasteiger partial charge in [-0.15, -0.1) is 0 Å². The van der Waals surface area contributed by atoms with Gasteiger partial charge in [0.15, 0.2) is 0 Å². The zero-order valence-corrected chi connectivity index (χ0v) is 6.67. The molecule has 2 rings (SSSR count). The van der Waals surface area contributed by atoms with Crippen LogP contribution in [0.4, 0.5) is 5.82 Å². The van der Waals surface area contributed by atoms with Crippen molar-refractivity contribution in [1.29, 1.82) is 0 Å². The van der Waals surface area contributed by atoms with E-state index in [1.54, 1.807) is 6.20 Å². The molecule has 0 aromatic carbocycles. The normalized spacial score (nSPS) is 16.5. The Hall–Kier alpha value is -0.830. The molecule has 0 atom stereocenters. The number of nitrogens with zero attached hydrogens (tertiary/aromatic N) is 2. The molecule has 11 heavy (non-hydrogen) atoms. The van der Waals surface area contributed by atoms with Gasteiger partial charge < -0.3 is 5.32 Å². The minimum Gasteiger partial charge on any atom is -0.367 e. The quantitative estimate of drug-likeness (QED) is 0.685. The molecule has 4 heteroatoms. The zero-order chi connectivity index (χ0) is 7.68. The van der Waals surface area contributed by atoms with Gasteiger partial charge in [0.05, 0.1) is 0 Å². The van der Waals surface area contributed by atoms with Crippen LogP contribution in [0, 0.1) is 0 Å². The van der Waals surface area contributed by atoms with Crippen LogP contribution in [0.2, 0.25) is 5.28 Å². The average Bonchev–Trinajstić information content (AvgIpc) is 2.71. The van der Waals surface area contributed by atoms with Crippen LogP contribution < -0.4 is 5.32 Å². The first-order chi connectivity index (χ1) is 5.34. The minimum absolute atomic E-state index is 0.302. The summed E-state index contributed by atoms with van der Waals surface area (Å²) in [5.74, 6) is 0.826. The molecule has 0 saturated heterocycles. The maximum Gasteiger partial charge on any atom is 0.224 e. The molecule has 58 valence electrons. The van der Waals surface area contributed by atoms with E-state index < -0.39 is 0 Å². The van der Waals surface area contributed by atoms with Crippen molar-refractivity contribution in [2.45, 2.75) is 18.9 Å². The minimum atomic E-state index is 0.302. The Morgan fingerprint density at radius 1 is 1.55 bits per heavy atom. The first-order valence-corrected chi connectivity index (χ1v) is 3.97. The number of hydrogen-bond donors (Lipinski definition) is 1. The van der Waals surface area contributed by atoms with Crippen molar-refractivity contribution in [3.63, 3.8) is 0 Å². The highest BCUT2D eigenvalue weighted by Crippen LogP contribution is 2.23. The topological polar surface area (TPSA) is 37.8 Å². The Morgan fingerprint density at radius 2 is 2.36 bits per heavy atom. The van der Waals surface area contributed by atoms with E-state index in [4.69, 9.17) is 11.6 Å². The van der Waals surface area contributed by atoms with E-state index >= 15 is 0 Å². The van der Waals surface area contributed by atoms with E-state index in [1.807, 2.05) is 6.07 Å². The molecule has 1 saturated carbocycles. The molecule has 1 aromatic rings. The summed E-state index contributed by atoms with van der Waals surface area (Å²) in [4.78, 5) is 7.78. The SMILES string of the molecule is Clc1nccc(NC2CC2)n1. The number of hydrogen-bond acceptors (Lipinski definition) is 3. The van der Waals surface area contributed by atoms with Gasteiger partial charge in [-0.05, 0) is 30.5 Å². The predicted octanol–water partition coefficient (Wildman–Crippen LogP) is 1.70. The third kappa shape index (κ3) is 1.80. The second-order valence-corrected chi connectivity index (χ2v) is 2.97. The van der Waals surface area contributed by atoms with E-state index in [1.165, 1.54) is 12.8 Å². The molecule has 0 bridgehead atoms. The molecule has 1 aliphatic rings. The first kappa shape index (κ1) is 6.85. The summed E-state index contributed by atoms with van der Waals surface area (Å²) in [6, 6.07) is 2.44. The molecule has 0 unspecified atom stereocenters. The summed E-state index contributed by atoms with van der Waals surface area (Å²) in [7, 11) is 0. The van der Waals surface area contributed by atoms with Crippen LogP contribution in [-0.2, 0) is 0 Å². The Morgan fingerprint density at radius 3 is 3.00 bits per heavy atom. The van der Waals surface area contributed by atoms with Crippen LogP contribution >= 0.6 is 11.6 Å². The molecule has 0 radical (unpaired) electrons. The van der Waals surface area contributed by atoms with Gasteiger partial charge in [-0.3, -0.25) is 0 Å². The maximum absolute atomic E-state index is 5.59. The van der Waals surface area contributed by atoms with E-state index in [0.717, 1.165) is 5.82 Å². The van der Waals surface area contributed by atoms with Crippen molar-refractivity contribution in [3.8, 4) is 0 Å². The molecule has 1 fully saturated rings. The molecule has 1 aliphatic carbocycles. The highest BCUT2D eigenvalue weighted by molar-refractivity contribution is 6.28. The molecule has 1 N–H and O–H groups in total. The van der Waals surface area contributed by atoms with Crippen molar-refractivity contribution in [3.05, 3.63) is 17.5 Å². The van der Waals surface area contributed by atoms with E-state index in [2.05, 4.69) is 15.3 Å². The summed E-state index contributed by atoms with van der Waals surface area (Å²) < 4.78 is 0. The van der Waals surface area contributed by atoms with E-state index in [9.17, 15) is 0 Å². The Bertz CT molecular complexity index is 260. The fourth-order valence-electron chi connectivity index (χ4n) is 0.852. The van der Waals surface area contributed by atoms with Gasteiger partial charge in [0.2, 0.25) is 5.28 Å². The molecule has 0 aliphatic heterocycles. The van der Waals surface area contributed by atoms with Crippen LogP contribution in [0.1, 0.15) is 12.8 Å². The number of nitrogens with one attached hydrogen (secondary N) is 1. The predicted molar refractivity (Wildman–Crippen MR) is 43.7 cm³/mol. The van der Waals surface area contributed by atoms with E-state index in [0.29, 0.717) is 11.3 Å². The number of halogens is 1. The van der Waals surface area contributed by atoms with Gasteiger partial charge >= 0.3 is 0 Å². The number of anilines is 1. The van der Waals surface area contributed by atoms with Crippen LogP contribution in [0.25, 0.3) is 0 Å². The highest BCUT2D eigenvalue weighted by Gasteiger charge is 2.21. The summed E-state index contributed by atoms with van der Waals surface area (Å²) in [6.45, 7) is 0. The van der Waals surface area contributed by atoms with Gasteiger partial charge in [0.1, 0.15) is 5.82 Å². The van der Waals surface area contributed by atoms with Crippen molar-refractivity contribution >= 4 is 17.4 Å². The van der Waals surface area contributed by atoms with E-state index in [-0.39, 0.29) is 0 Å². The van der Waals surface area contributed by atoms with Crippen LogP contribution in [0.3, 0.4) is 0 Å². The fourth-order valence-corrected chi connectivity index (χ4v) is 0.999. The lowest BCUT2D eigenvalue weighted by Crippen LogP contribution is -2.02. The van der Waals surface area contributed by atoms with Gasteiger partial charge in [-0.1, -0.05) is 0 Å². The average molecular weight is 170 g/mol.